The summed E-state index contributed by atoms with van der Waals surface area (Å²) in [6, 6.07) is 7.86. The standard InChI is InChI=1S/C12H15N3O3/c1-2-14-10(9-13)6-7-18-12-5-3-4-11(8-12)15(16)17/h3-5,8,10,14H,2,6-7H2,1H3. The third kappa shape index (κ3) is 4.39. The van der Waals surface area contributed by atoms with Crippen molar-refractivity contribution in [2.75, 3.05) is 13.2 Å². The summed E-state index contributed by atoms with van der Waals surface area (Å²) < 4.78 is 5.38. The third-order valence-corrected chi connectivity index (χ3v) is 2.31. The maximum atomic E-state index is 10.6. The highest BCUT2D eigenvalue weighted by Crippen LogP contribution is 2.19. The Morgan fingerprint density at radius 1 is 1.61 bits per heavy atom. The van der Waals surface area contributed by atoms with Crippen LogP contribution in [0, 0.1) is 21.4 Å². The summed E-state index contributed by atoms with van der Waals surface area (Å²) in [6.45, 7) is 2.98. The van der Waals surface area contributed by atoms with Crippen LogP contribution < -0.4 is 10.1 Å². The molecule has 0 saturated carbocycles. The van der Waals surface area contributed by atoms with Crippen molar-refractivity contribution >= 4 is 5.69 Å². The van der Waals surface area contributed by atoms with E-state index in [1.54, 1.807) is 12.1 Å². The number of non-ortho nitro benzene ring substituents is 1. The first-order valence-electron chi connectivity index (χ1n) is 5.67. The quantitative estimate of drug-likeness (QED) is 0.588. The van der Waals surface area contributed by atoms with Crippen LogP contribution in [0.15, 0.2) is 24.3 Å². The SMILES string of the molecule is CCNC(C#N)CCOc1cccc([N+](=O)[O-])c1. The molecule has 6 heteroatoms. The Morgan fingerprint density at radius 2 is 2.39 bits per heavy atom. The second-order valence-corrected chi connectivity index (χ2v) is 3.63. The van der Waals surface area contributed by atoms with Gasteiger partial charge in [-0.15, -0.1) is 0 Å². The molecule has 6 nitrogen and oxygen atoms in total. The van der Waals surface area contributed by atoms with E-state index in [1.165, 1.54) is 12.1 Å². The highest BCUT2D eigenvalue weighted by Gasteiger charge is 2.08. The maximum absolute atomic E-state index is 10.6. The van der Waals surface area contributed by atoms with Crippen molar-refractivity contribution in [2.45, 2.75) is 19.4 Å². The number of nitrogens with one attached hydrogen (secondary N) is 1. The first-order valence-corrected chi connectivity index (χ1v) is 5.67. The molecule has 0 aliphatic heterocycles. The van der Waals surface area contributed by atoms with E-state index in [1.807, 2.05) is 6.92 Å². The first kappa shape index (κ1) is 13.9. The molecule has 0 aliphatic rings. The lowest BCUT2D eigenvalue weighted by atomic mass is 10.2. The summed E-state index contributed by atoms with van der Waals surface area (Å²) in [5, 5.41) is 22.4. The minimum absolute atomic E-state index is 0.00369. The molecule has 0 amide bonds. The lowest BCUT2D eigenvalue weighted by Crippen LogP contribution is -2.28. The molecule has 1 aromatic rings. The topological polar surface area (TPSA) is 88.2 Å². The second kappa shape index (κ2) is 7.25. The minimum Gasteiger partial charge on any atom is -0.493 e. The number of rotatable bonds is 7. The van der Waals surface area contributed by atoms with Gasteiger partial charge in [0.25, 0.3) is 5.69 Å². The van der Waals surface area contributed by atoms with Crippen LogP contribution in [0.3, 0.4) is 0 Å². The van der Waals surface area contributed by atoms with Crippen molar-refractivity contribution in [3.8, 4) is 11.8 Å². The molecule has 0 fully saturated rings. The van der Waals surface area contributed by atoms with E-state index >= 15 is 0 Å². The summed E-state index contributed by atoms with van der Waals surface area (Å²) in [4.78, 5) is 10.1. The van der Waals surface area contributed by atoms with Crippen LogP contribution in [0.2, 0.25) is 0 Å². The van der Waals surface area contributed by atoms with Gasteiger partial charge in [0, 0.05) is 12.5 Å². The largest absolute Gasteiger partial charge is 0.493 e. The molecule has 96 valence electrons. The molecular formula is C12H15N3O3. The molecule has 1 atom stereocenters. The molecule has 18 heavy (non-hydrogen) atoms. The van der Waals surface area contributed by atoms with E-state index < -0.39 is 4.92 Å². The maximum Gasteiger partial charge on any atom is 0.273 e. The van der Waals surface area contributed by atoms with Crippen LogP contribution in [-0.4, -0.2) is 24.1 Å². The Bertz CT molecular complexity index is 442. The van der Waals surface area contributed by atoms with Crippen molar-refractivity contribution in [2.24, 2.45) is 0 Å². The summed E-state index contributed by atoms with van der Waals surface area (Å²) in [6.07, 6.45) is 0.535. The predicted molar refractivity (Wildman–Crippen MR) is 66.3 cm³/mol. The number of nitriles is 1. The predicted octanol–water partition coefficient (Wildman–Crippen LogP) is 1.87. The normalized spacial score (nSPS) is 11.6. The molecule has 0 saturated heterocycles. The molecule has 1 rings (SSSR count). The number of nitrogens with zero attached hydrogens (tertiary/aromatic N) is 2. The number of nitro groups is 1. The van der Waals surface area contributed by atoms with Gasteiger partial charge in [-0.3, -0.25) is 10.1 Å². The number of hydrogen-bond acceptors (Lipinski definition) is 5. The molecule has 1 aromatic carbocycles. The van der Waals surface area contributed by atoms with E-state index in [-0.39, 0.29) is 11.7 Å². The van der Waals surface area contributed by atoms with Gasteiger partial charge in [-0.1, -0.05) is 13.0 Å². The second-order valence-electron chi connectivity index (χ2n) is 3.63. The Morgan fingerprint density at radius 3 is 3.00 bits per heavy atom. The fourth-order valence-corrected chi connectivity index (χ4v) is 1.44. The fourth-order valence-electron chi connectivity index (χ4n) is 1.44. The average Bonchev–Trinajstić information content (AvgIpc) is 2.38. The van der Waals surface area contributed by atoms with Gasteiger partial charge < -0.3 is 10.1 Å². The molecular weight excluding hydrogens is 234 g/mol. The summed E-state index contributed by atoms with van der Waals surface area (Å²) in [5.74, 6) is 0.442. The zero-order valence-corrected chi connectivity index (χ0v) is 10.1. The Kier molecular flexibility index (Phi) is 5.61. The van der Waals surface area contributed by atoms with E-state index in [4.69, 9.17) is 10.00 Å². The van der Waals surface area contributed by atoms with Crippen LogP contribution >= 0.6 is 0 Å². The van der Waals surface area contributed by atoms with Crippen LogP contribution in [0.5, 0.6) is 5.75 Å². The Hall–Kier alpha value is -2.13. The monoisotopic (exact) mass is 249 g/mol. The van der Waals surface area contributed by atoms with Gasteiger partial charge in [0.2, 0.25) is 0 Å². The Balaban J connectivity index is 2.46. The summed E-state index contributed by atoms with van der Waals surface area (Å²) in [5.41, 5.74) is -0.00369. The summed E-state index contributed by atoms with van der Waals surface area (Å²) >= 11 is 0. The van der Waals surface area contributed by atoms with Gasteiger partial charge in [0.15, 0.2) is 0 Å². The van der Waals surface area contributed by atoms with E-state index in [9.17, 15) is 10.1 Å². The number of hydrogen-bond donors (Lipinski definition) is 1. The number of ether oxygens (including phenoxy) is 1. The van der Waals surface area contributed by atoms with Crippen molar-refractivity contribution in [3.05, 3.63) is 34.4 Å². The van der Waals surface area contributed by atoms with Crippen molar-refractivity contribution in [3.63, 3.8) is 0 Å². The lowest BCUT2D eigenvalue weighted by Gasteiger charge is -2.10. The van der Waals surface area contributed by atoms with Gasteiger partial charge in [-0.05, 0) is 12.6 Å². The zero-order chi connectivity index (χ0) is 13.4. The van der Waals surface area contributed by atoms with Crippen LogP contribution in [0.4, 0.5) is 5.69 Å². The third-order valence-electron chi connectivity index (χ3n) is 2.31. The molecule has 0 aromatic heterocycles. The fraction of sp³-hybridized carbons (Fsp3) is 0.417. The van der Waals surface area contributed by atoms with Gasteiger partial charge >= 0.3 is 0 Å². The molecule has 1 N–H and O–H groups in total. The van der Waals surface area contributed by atoms with Gasteiger partial charge in [-0.2, -0.15) is 5.26 Å². The van der Waals surface area contributed by atoms with Crippen molar-refractivity contribution in [1.82, 2.24) is 5.32 Å². The van der Waals surface area contributed by atoms with Crippen LogP contribution in [0.1, 0.15) is 13.3 Å². The van der Waals surface area contributed by atoms with Gasteiger partial charge in [-0.25, -0.2) is 0 Å². The lowest BCUT2D eigenvalue weighted by molar-refractivity contribution is -0.384. The highest BCUT2D eigenvalue weighted by molar-refractivity contribution is 5.37. The van der Waals surface area contributed by atoms with E-state index in [0.29, 0.717) is 18.8 Å². The highest BCUT2D eigenvalue weighted by atomic mass is 16.6. The van der Waals surface area contributed by atoms with Crippen LogP contribution in [0.25, 0.3) is 0 Å². The van der Waals surface area contributed by atoms with Crippen molar-refractivity contribution in [1.29, 1.82) is 5.26 Å². The molecule has 0 spiro atoms. The van der Waals surface area contributed by atoms with Gasteiger partial charge in [0.1, 0.15) is 5.75 Å². The van der Waals surface area contributed by atoms with Crippen molar-refractivity contribution < 1.29 is 9.66 Å². The minimum atomic E-state index is -0.469. The molecule has 1 unspecified atom stereocenters. The number of benzene rings is 1. The molecule has 0 bridgehead atoms. The molecule has 0 heterocycles. The average molecular weight is 249 g/mol. The van der Waals surface area contributed by atoms with Gasteiger partial charge in [0.05, 0.1) is 29.7 Å². The molecule has 0 radical (unpaired) electrons. The summed E-state index contributed by atoms with van der Waals surface area (Å²) in [7, 11) is 0. The Labute approximate surface area is 105 Å². The molecule has 0 aliphatic carbocycles. The van der Waals surface area contributed by atoms with E-state index in [2.05, 4.69) is 11.4 Å². The number of nitro benzene ring substituents is 1. The zero-order valence-electron chi connectivity index (χ0n) is 10.1. The smallest absolute Gasteiger partial charge is 0.273 e. The first-order chi connectivity index (χ1) is 8.67. The van der Waals surface area contributed by atoms with Crippen LogP contribution in [-0.2, 0) is 0 Å². The van der Waals surface area contributed by atoms with E-state index in [0.717, 1.165) is 6.54 Å².